The lowest BCUT2D eigenvalue weighted by Crippen LogP contribution is -2.06. The molecular formula is C16H13FO2. The van der Waals surface area contributed by atoms with Gasteiger partial charge in [-0.3, -0.25) is 0 Å². The molecule has 3 heteroatoms. The second-order valence-corrected chi connectivity index (χ2v) is 5.00. The van der Waals surface area contributed by atoms with Crippen molar-refractivity contribution in [2.45, 2.75) is 18.9 Å². The summed E-state index contributed by atoms with van der Waals surface area (Å²) in [5, 5.41) is 0. The molecule has 2 aliphatic heterocycles. The van der Waals surface area contributed by atoms with Gasteiger partial charge in [0.2, 0.25) is 0 Å². The molecule has 0 aliphatic carbocycles. The van der Waals surface area contributed by atoms with E-state index in [0.717, 1.165) is 35.5 Å². The minimum absolute atomic E-state index is 0.139. The third kappa shape index (κ3) is 1.69. The highest BCUT2D eigenvalue weighted by atomic mass is 19.1. The molecule has 2 aliphatic rings. The van der Waals surface area contributed by atoms with Gasteiger partial charge in [0.25, 0.3) is 0 Å². The molecule has 1 atom stereocenters. The molecule has 1 unspecified atom stereocenters. The molecule has 0 spiro atoms. The van der Waals surface area contributed by atoms with Crippen molar-refractivity contribution < 1.29 is 13.9 Å². The topological polar surface area (TPSA) is 18.5 Å². The maximum absolute atomic E-state index is 13.7. The lowest BCUT2D eigenvalue weighted by molar-refractivity contribution is 0.230. The van der Waals surface area contributed by atoms with Gasteiger partial charge in [-0.15, -0.1) is 0 Å². The third-order valence-corrected chi connectivity index (χ3v) is 3.77. The molecule has 96 valence electrons. The Hall–Kier alpha value is -2.03. The Morgan fingerprint density at radius 2 is 2.00 bits per heavy atom. The first kappa shape index (κ1) is 10.9. The number of fused-ring (bicyclic) bond motifs is 2. The largest absolute Gasteiger partial charge is 0.493 e. The van der Waals surface area contributed by atoms with Crippen LogP contribution in [-0.4, -0.2) is 6.61 Å². The SMILES string of the molecule is Fc1cc2c(c(C3Cc4ccccc4O3)c1)OCC2. The van der Waals surface area contributed by atoms with Gasteiger partial charge in [-0.1, -0.05) is 18.2 Å². The zero-order valence-electron chi connectivity index (χ0n) is 10.4. The van der Waals surface area contributed by atoms with Gasteiger partial charge in [0.1, 0.15) is 23.4 Å². The van der Waals surface area contributed by atoms with E-state index in [4.69, 9.17) is 9.47 Å². The van der Waals surface area contributed by atoms with Crippen molar-refractivity contribution in [2.75, 3.05) is 6.61 Å². The van der Waals surface area contributed by atoms with Crippen molar-refractivity contribution >= 4 is 0 Å². The fourth-order valence-electron chi connectivity index (χ4n) is 2.89. The maximum atomic E-state index is 13.7. The van der Waals surface area contributed by atoms with Gasteiger partial charge in [-0.25, -0.2) is 4.39 Å². The molecule has 0 radical (unpaired) electrons. The number of benzene rings is 2. The van der Waals surface area contributed by atoms with Crippen LogP contribution in [0.2, 0.25) is 0 Å². The summed E-state index contributed by atoms with van der Waals surface area (Å²) < 4.78 is 25.3. The zero-order valence-corrected chi connectivity index (χ0v) is 10.4. The summed E-state index contributed by atoms with van der Waals surface area (Å²) in [7, 11) is 0. The number of halogens is 1. The van der Waals surface area contributed by atoms with Crippen molar-refractivity contribution in [3.8, 4) is 11.5 Å². The Bertz CT molecular complexity index is 626. The van der Waals surface area contributed by atoms with Gasteiger partial charge < -0.3 is 9.47 Å². The Kier molecular flexibility index (Phi) is 2.28. The second-order valence-electron chi connectivity index (χ2n) is 5.00. The van der Waals surface area contributed by atoms with E-state index in [1.165, 1.54) is 5.56 Å². The van der Waals surface area contributed by atoms with Crippen molar-refractivity contribution in [3.05, 3.63) is 58.9 Å². The molecule has 0 fully saturated rings. The van der Waals surface area contributed by atoms with E-state index < -0.39 is 0 Å². The minimum Gasteiger partial charge on any atom is -0.493 e. The molecular weight excluding hydrogens is 243 g/mol. The van der Waals surface area contributed by atoms with Crippen LogP contribution in [0, 0.1) is 5.82 Å². The molecule has 2 heterocycles. The van der Waals surface area contributed by atoms with Gasteiger partial charge in [0, 0.05) is 24.0 Å². The Morgan fingerprint density at radius 1 is 1.11 bits per heavy atom. The Morgan fingerprint density at radius 3 is 2.89 bits per heavy atom. The smallest absolute Gasteiger partial charge is 0.132 e. The second kappa shape index (κ2) is 3.98. The van der Waals surface area contributed by atoms with E-state index in [1.807, 2.05) is 18.2 Å². The van der Waals surface area contributed by atoms with E-state index >= 15 is 0 Å². The highest BCUT2D eigenvalue weighted by Crippen LogP contribution is 2.42. The fraction of sp³-hybridized carbons (Fsp3) is 0.250. The summed E-state index contributed by atoms with van der Waals surface area (Å²) in [6, 6.07) is 11.1. The summed E-state index contributed by atoms with van der Waals surface area (Å²) in [5.74, 6) is 1.50. The van der Waals surface area contributed by atoms with Crippen molar-refractivity contribution in [2.24, 2.45) is 0 Å². The summed E-state index contributed by atoms with van der Waals surface area (Å²) in [4.78, 5) is 0. The van der Waals surface area contributed by atoms with Crippen molar-refractivity contribution in [1.82, 2.24) is 0 Å². The Balaban J connectivity index is 1.76. The van der Waals surface area contributed by atoms with Crippen molar-refractivity contribution in [3.63, 3.8) is 0 Å². The molecule has 0 amide bonds. The highest BCUT2D eigenvalue weighted by Gasteiger charge is 2.30. The normalized spacial score (nSPS) is 19.5. The number of hydrogen-bond acceptors (Lipinski definition) is 2. The summed E-state index contributed by atoms with van der Waals surface area (Å²) >= 11 is 0. The molecule has 0 bridgehead atoms. The molecule has 0 aromatic heterocycles. The lowest BCUT2D eigenvalue weighted by atomic mass is 10.00. The average Bonchev–Trinajstić information content (AvgIpc) is 3.03. The van der Waals surface area contributed by atoms with E-state index in [-0.39, 0.29) is 11.9 Å². The van der Waals surface area contributed by atoms with Gasteiger partial charge in [-0.2, -0.15) is 0 Å². The van der Waals surface area contributed by atoms with Crippen LogP contribution in [0.15, 0.2) is 36.4 Å². The van der Waals surface area contributed by atoms with Crippen molar-refractivity contribution in [1.29, 1.82) is 0 Å². The van der Waals surface area contributed by atoms with E-state index in [2.05, 4.69) is 6.07 Å². The van der Waals surface area contributed by atoms with Crippen LogP contribution in [0.25, 0.3) is 0 Å². The predicted octanol–water partition coefficient (Wildman–Crippen LogP) is 3.44. The molecule has 0 saturated heterocycles. The average molecular weight is 256 g/mol. The molecule has 2 aromatic carbocycles. The third-order valence-electron chi connectivity index (χ3n) is 3.77. The first-order valence-electron chi connectivity index (χ1n) is 6.51. The van der Waals surface area contributed by atoms with Crippen LogP contribution in [0.5, 0.6) is 11.5 Å². The minimum atomic E-state index is -0.209. The van der Waals surface area contributed by atoms with Crippen LogP contribution in [0.1, 0.15) is 22.8 Å². The zero-order chi connectivity index (χ0) is 12.8. The van der Waals surface area contributed by atoms with Crippen LogP contribution in [0.4, 0.5) is 4.39 Å². The van der Waals surface area contributed by atoms with E-state index in [0.29, 0.717) is 6.61 Å². The molecule has 2 aromatic rings. The highest BCUT2D eigenvalue weighted by molar-refractivity contribution is 5.49. The van der Waals surface area contributed by atoms with Crippen LogP contribution < -0.4 is 9.47 Å². The summed E-state index contributed by atoms with van der Waals surface area (Å²) in [5.41, 5.74) is 2.96. The summed E-state index contributed by atoms with van der Waals surface area (Å²) in [6.45, 7) is 0.630. The predicted molar refractivity (Wildman–Crippen MR) is 69.1 cm³/mol. The molecule has 0 N–H and O–H groups in total. The standard InChI is InChI=1S/C16H13FO2/c17-12-7-11-5-6-18-16(11)13(9-12)15-8-10-3-1-2-4-14(10)19-15/h1-4,7,9,15H,5-6,8H2. The lowest BCUT2D eigenvalue weighted by Gasteiger charge is -2.15. The van der Waals surface area contributed by atoms with Gasteiger partial charge in [0.05, 0.1) is 6.61 Å². The monoisotopic (exact) mass is 256 g/mol. The molecule has 4 rings (SSSR count). The van der Waals surface area contributed by atoms with E-state index in [9.17, 15) is 4.39 Å². The molecule has 2 nitrogen and oxygen atoms in total. The van der Waals surface area contributed by atoms with Gasteiger partial charge in [-0.05, 0) is 23.8 Å². The summed E-state index contributed by atoms with van der Waals surface area (Å²) in [6.07, 6.45) is 1.41. The molecule has 0 saturated carbocycles. The first-order valence-corrected chi connectivity index (χ1v) is 6.51. The number of hydrogen-bond donors (Lipinski definition) is 0. The quantitative estimate of drug-likeness (QED) is 0.778. The van der Waals surface area contributed by atoms with Crippen LogP contribution in [-0.2, 0) is 12.8 Å². The fourth-order valence-corrected chi connectivity index (χ4v) is 2.89. The van der Waals surface area contributed by atoms with Gasteiger partial charge >= 0.3 is 0 Å². The Labute approximate surface area is 110 Å². The molecule has 19 heavy (non-hydrogen) atoms. The first-order chi connectivity index (χ1) is 9.31. The number of ether oxygens (including phenoxy) is 2. The van der Waals surface area contributed by atoms with Gasteiger partial charge in [0.15, 0.2) is 0 Å². The van der Waals surface area contributed by atoms with E-state index in [1.54, 1.807) is 12.1 Å². The maximum Gasteiger partial charge on any atom is 0.132 e. The number of rotatable bonds is 1. The number of para-hydroxylation sites is 1. The van der Waals surface area contributed by atoms with Crippen LogP contribution >= 0.6 is 0 Å². The van der Waals surface area contributed by atoms with Crippen LogP contribution in [0.3, 0.4) is 0 Å².